The third-order valence-corrected chi connectivity index (χ3v) is 4.08. The van der Waals surface area contributed by atoms with Crippen LogP contribution in [0.15, 0.2) is 24.3 Å². The molecule has 0 saturated heterocycles. The van der Waals surface area contributed by atoms with Crippen LogP contribution < -0.4 is 0 Å². The van der Waals surface area contributed by atoms with Gasteiger partial charge in [0.15, 0.2) is 0 Å². The summed E-state index contributed by atoms with van der Waals surface area (Å²) in [6.07, 6.45) is 10.8. The van der Waals surface area contributed by atoms with E-state index in [1.807, 2.05) is 0 Å². The van der Waals surface area contributed by atoms with E-state index in [-0.39, 0.29) is 5.97 Å². The lowest BCUT2D eigenvalue weighted by Crippen LogP contribution is -2.08. The van der Waals surface area contributed by atoms with E-state index in [9.17, 15) is 4.79 Å². The van der Waals surface area contributed by atoms with Gasteiger partial charge in [-0.05, 0) is 38.5 Å². The monoisotopic (exact) mass is 278 g/mol. The minimum absolute atomic E-state index is 0.0355. The summed E-state index contributed by atoms with van der Waals surface area (Å²) in [5.41, 5.74) is 2.39. The Balaban J connectivity index is 1.97. The first-order valence-electron chi connectivity index (χ1n) is 8.04. The Kier molecular flexibility index (Phi) is 8.32. The average molecular weight is 278 g/mol. The molecular formula is C18H30O2. The lowest BCUT2D eigenvalue weighted by molar-refractivity contribution is -0.143. The van der Waals surface area contributed by atoms with Crippen LogP contribution >= 0.6 is 0 Å². The molecule has 0 aromatic heterocycles. The molecule has 1 rings (SSSR count). The number of esters is 1. The maximum Gasteiger partial charge on any atom is 0.305 e. The zero-order valence-corrected chi connectivity index (χ0v) is 13.1. The van der Waals surface area contributed by atoms with E-state index in [2.05, 4.69) is 20.1 Å². The predicted molar refractivity (Wildman–Crippen MR) is 84.6 cm³/mol. The second-order valence-electron chi connectivity index (χ2n) is 6.22. The molecular weight excluding hydrogens is 248 g/mol. The Hall–Kier alpha value is -1.05. The van der Waals surface area contributed by atoms with Gasteiger partial charge >= 0.3 is 5.97 Å². The highest BCUT2D eigenvalue weighted by Crippen LogP contribution is 2.28. The van der Waals surface area contributed by atoms with Gasteiger partial charge in [-0.15, -0.1) is 6.58 Å². The summed E-state index contributed by atoms with van der Waals surface area (Å²) in [5, 5.41) is 0. The number of carbonyl (C=O) groups excluding carboxylic acids is 1. The minimum Gasteiger partial charge on any atom is -0.465 e. The van der Waals surface area contributed by atoms with Crippen LogP contribution in [-0.2, 0) is 9.53 Å². The molecule has 0 aromatic rings. The molecule has 0 amide bonds. The fourth-order valence-electron chi connectivity index (χ4n) is 2.77. The molecule has 0 radical (unpaired) electrons. The SMILES string of the molecule is C=C(C)CCCC(=C)CCOC(=O)CCC1CCCC1. The number of hydrogen-bond donors (Lipinski definition) is 0. The summed E-state index contributed by atoms with van der Waals surface area (Å²) in [6, 6.07) is 0. The highest BCUT2D eigenvalue weighted by Gasteiger charge is 2.16. The fraction of sp³-hybridized carbons (Fsp3) is 0.722. The van der Waals surface area contributed by atoms with Crippen molar-refractivity contribution in [1.29, 1.82) is 0 Å². The summed E-state index contributed by atoms with van der Waals surface area (Å²) in [4.78, 5) is 11.6. The van der Waals surface area contributed by atoms with Gasteiger partial charge in [0.2, 0.25) is 0 Å². The normalized spacial score (nSPS) is 15.2. The molecule has 0 aliphatic heterocycles. The van der Waals surface area contributed by atoms with Gasteiger partial charge in [-0.25, -0.2) is 0 Å². The smallest absolute Gasteiger partial charge is 0.305 e. The van der Waals surface area contributed by atoms with E-state index in [0.29, 0.717) is 13.0 Å². The van der Waals surface area contributed by atoms with Crippen LogP contribution in [0.1, 0.15) is 71.1 Å². The maximum atomic E-state index is 11.6. The molecule has 0 spiro atoms. The number of rotatable bonds is 10. The molecule has 0 unspecified atom stereocenters. The summed E-state index contributed by atoms with van der Waals surface area (Å²) in [7, 11) is 0. The van der Waals surface area contributed by atoms with Gasteiger partial charge in [0.25, 0.3) is 0 Å². The quantitative estimate of drug-likeness (QED) is 0.406. The third-order valence-electron chi connectivity index (χ3n) is 4.08. The van der Waals surface area contributed by atoms with Crippen molar-refractivity contribution in [2.45, 2.75) is 71.1 Å². The first kappa shape index (κ1) is 17.0. The molecule has 2 nitrogen and oxygen atoms in total. The van der Waals surface area contributed by atoms with Crippen molar-refractivity contribution in [3.63, 3.8) is 0 Å². The topological polar surface area (TPSA) is 26.3 Å². The van der Waals surface area contributed by atoms with E-state index in [0.717, 1.165) is 38.0 Å². The van der Waals surface area contributed by atoms with E-state index in [1.165, 1.54) is 36.8 Å². The molecule has 1 aliphatic carbocycles. The maximum absolute atomic E-state index is 11.6. The number of allylic oxidation sites excluding steroid dienone is 1. The summed E-state index contributed by atoms with van der Waals surface area (Å²) in [5.74, 6) is 0.728. The van der Waals surface area contributed by atoms with Gasteiger partial charge in [-0.2, -0.15) is 0 Å². The van der Waals surface area contributed by atoms with Gasteiger partial charge in [-0.3, -0.25) is 4.79 Å². The van der Waals surface area contributed by atoms with Gasteiger partial charge in [0.1, 0.15) is 0 Å². The Labute approximate surface area is 124 Å². The van der Waals surface area contributed by atoms with Gasteiger partial charge in [0, 0.05) is 12.8 Å². The Morgan fingerprint density at radius 3 is 2.45 bits per heavy atom. The van der Waals surface area contributed by atoms with Crippen molar-refractivity contribution < 1.29 is 9.53 Å². The molecule has 0 atom stereocenters. The lowest BCUT2D eigenvalue weighted by atomic mass is 10.0. The number of carbonyl (C=O) groups is 1. The lowest BCUT2D eigenvalue weighted by Gasteiger charge is -2.09. The van der Waals surface area contributed by atoms with E-state index in [4.69, 9.17) is 4.74 Å². The van der Waals surface area contributed by atoms with Crippen molar-refractivity contribution >= 4 is 5.97 Å². The molecule has 114 valence electrons. The van der Waals surface area contributed by atoms with Crippen LogP contribution in [0.25, 0.3) is 0 Å². The van der Waals surface area contributed by atoms with Crippen LogP contribution in [0.5, 0.6) is 0 Å². The molecule has 0 aromatic carbocycles. The Morgan fingerprint density at radius 1 is 1.10 bits per heavy atom. The van der Waals surface area contributed by atoms with Crippen LogP contribution in [-0.4, -0.2) is 12.6 Å². The summed E-state index contributed by atoms with van der Waals surface area (Å²) in [6.45, 7) is 10.5. The fourth-order valence-corrected chi connectivity index (χ4v) is 2.77. The third kappa shape index (κ3) is 8.19. The first-order chi connectivity index (χ1) is 9.58. The largest absolute Gasteiger partial charge is 0.465 e. The molecule has 0 heterocycles. The van der Waals surface area contributed by atoms with E-state index in [1.54, 1.807) is 0 Å². The average Bonchev–Trinajstić information content (AvgIpc) is 2.89. The minimum atomic E-state index is -0.0355. The van der Waals surface area contributed by atoms with Gasteiger partial charge < -0.3 is 4.74 Å². The first-order valence-corrected chi connectivity index (χ1v) is 8.04. The number of hydrogen-bond acceptors (Lipinski definition) is 2. The van der Waals surface area contributed by atoms with E-state index >= 15 is 0 Å². The van der Waals surface area contributed by atoms with Crippen molar-refractivity contribution in [2.24, 2.45) is 5.92 Å². The zero-order valence-electron chi connectivity index (χ0n) is 13.1. The second-order valence-corrected chi connectivity index (χ2v) is 6.22. The second kappa shape index (κ2) is 9.79. The van der Waals surface area contributed by atoms with Crippen molar-refractivity contribution in [2.75, 3.05) is 6.61 Å². The molecule has 1 saturated carbocycles. The highest BCUT2D eigenvalue weighted by molar-refractivity contribution is 5.69. The van der Waals surface area contributed by atoms with Gasteiger partial charge in [0.05, 0.1) is 6.61 Å². The molecule has 1 aliphatic rings. The highest BCUT2D eigenvalue weighted by atomic mass is 16.5. The molecule has 1 fully saturated rings. The summed E-state index contributed by atoms with van der Waals surface area (Å²) < 4.78 is 5.28. The Bertz CT molecular complexity index is 324. The summed E-state index contributed by atoms with van der Waals surface area (Å²) >= 11 is 0. The standard InChI is InChI=1S/C18H30O2/c1-15(2)7-6-8-16(3)13-14-20-18(19)12-11-17-9-4-5-10-17/h17H,1,3-14H2,2H3. The van der Waals surface area contributed by atoms with Gasteiger partial charge in [-0.1, -0.05) is 43.4 Å². The van der Waals surface area contributed by atoms with Crippen molar-refractivity contribution in [3.8, 4) is 0 Å². The molecule has 20 heavy (non-hydrogen) atoms. The van der Waals surface area contributed by atoms with Crippen LogP contribution in [0.2, 0.25) is 0 Å². The van der Waals surface area contributed by atoms with Crippen molar-refractivity contribution in [1.82, 2.24) is 0 Å². The molecule has 0 N–H and O–H groups in total. The number of ether oxygens (including phenoxy) is 1. The van der Waals surface area contributed by atoms with Crippen LogP contribution in [0.4, 0.5) is 0 Å². The predicted octanol–water partition coefficient (Wildman–Crippen LogP) is 5.19. The molecule has 2 heteroatoms. The molecule has 0 bridgehead atoms. The van der Waals surface area contributed by atoms with Crippen LogP contribution in [0, 0.1) is 5.92 Å². The van der Waals surface area contributed by atoms with Crippen LogP contribution in [0.3, 0.4) is 0 Å². The van der Waals surface area contributed by atoms with E-state index < -0.39 is 0 Å². The van der Waals surface area contributed by atoms with Crippen molar-refractivity contribution in [3.05, 3.63) is 24.3 Å². The zero-order chi connectivity index (χ0) is 14.8. The Morgan fingerprint density at radius 2 is 1.80 bits per heavy atom.